The summed E-state index contributed by atoms with van der Waals surface area (Å²) in [5.74, 6) is -0.347. The van der Waals surface area contributed by atoms with Crippen molar-refractivity contribution in [3.8, 4) is 0 Å². The van der Waals surface area contributed by atoms with Gasteiger partial charge in [0.15, 0.2) is 0 Å². The van der Waals surface area contributed by atoms with Crippen LogP contribution in [-0.4, -0.2) is 12.6 Å². The summed E-state index contributed by atoms with van der Waals surface area (Å²) in [5.41, 5.74) is 1.09. The fourth-order valence-corrected chi connectivity index (χ4v) is 1.58. The maximum atomic E-state index is 12.8. The minimum atomic E-state index is -0.347. The summed E-state index contributed by atoms with van der Waals surface area (Å²) in [6.45, 7) is 5.22. The van der Waals surface area contributed by atoms with Crippen LogP contribution in [-0.2, 0) is 6.42 Å². The second-order valence-electron chi connectivity index (χ2n) is 3.96. The fourth-order valence-electron chi connectivity index (χ4n) is 1.38. The van der Waals surface area contributed by atoms with Crippen LogP contribution in [0.2, 0.25) is 5.02 Å². The summed E-state index contributed by atoms with van der Waals surface area (Å²) in [7, 11) is 0. The third-order valence-corrected chi connectivity index (χ3v) is 2.47. The first kappa shape index (κ1) is 12.5. The average molecular weight is 230 g/mol. The van der Waals surface area contributed by atoms with Gasteiger partial charge >= 0.3 is 0 Å². The number of rotatable bonds is 5. The zero-order valence-electron chi connectivity index (χ0n) is 9.19. The van der Waals surface area contributed by atoms with Crippen LogP contribution in [0.3, 0.4) is 0 Å². The lowest BCUT2D eigenvalue weighted by Crippen LogP contribution is -2.23. The number of nitrogens with one attached hydrogen (secondary N) is 1. The Balaban J connectivity index is 2.35. The quantitative estimate of drug-likeness (QED) is 0.763. The minimum absolute atomic E-state index is 0.212. The van der Waals surface area contributed by atoms with Crippen LogP contribution in [0.1, 0.15) is 25.8 Å². The first-order chi connectivity index (χ1) is 7.09. The van der Waals surface area contributed by atoms with E-state index < -0.39 is 0 Å². The average Bonchev–Trinajstić information content (AvgIpc) is 2.18. The van der Waals surface area contributed by atoms with Gasteiger partial charge in [0.05, 0.1) is 5.02 Å². The largest absolute Gasteiger partial charge is 0.315 e. The lowest BCUT2D eigenvalue weighted by Gasteiger charge is -2.07. The van der Waals surface area contributed by atoms with Crippen LogP contribution in [0.15, 0.2) is 18.2 Å². The Bertz CT molecular complexity index is 312. The SMILES string of the molecule is CC(C)NCCCc1ccc(F)c(Cl)c1. The third-order valence-electron chi connectivity index (χ3n) is 2.18. The van der Waals surface area contributed by atoms with Crippen molar-refractivity contribution in [2.75, 3.05) is 6.54 Å². The molecule has 0 amide bonds. The van der Waals surface area contributed by atoms with Gasteiger partial charge in [-0.1, -0.05) is 31.5 Å². The van der Waals surface area contributed by atoms with Crippen molar-refractivity contribution in [3.05, 3.63) is 34.6 Å². The van der Waals surface area contributed by atoms with Crippen molar-refractivity contribution in [2.24, 2.45) is 0 Å². The Kier molecular flexibility index (Phi) is 5.06. The maximum absolute atomic E-state index is 12.8. The van der Waals surface area contributed by atoms with Crippen LogP contribution in [0, 0.1) is 5.82 Å². The topological polar surface area (TPSA) is 12.0 Å². The molecule has 15 heavy (non-hydrogen) atoms. The minimum Gasteiger partial charge on any atom is -0.315 e. The van der Waals surface area contributed by atoms with E-state index in [1.54, 1.807) is 12.1 Å². The van der Waals surface area contributed by atoms with E-state index in [0.29, 0.717) is 6.04 Å². The van der Waals surface area contributed by atoms with Gasteiger partial charge in [-0.3, -0.25) is 0 Å². The molecule has 0 atom stereocenters. The van der Waals surface area contributed by atoms with Gasteiger partial charge in [-0.05, 0) is 37.1 Å². The van der Waals surface area contributed by atoms with Gasteiger partial charge in [-0.25, -0.2) is 4.39 Å². The molecule has 1 aromatic rings. The summed E-state index contributed by atoms with van der Waals surface area (Å²) < 4.78 is 12.8. The van der Waals surface area contributed by atoms with Crippen LogP contribution >= 0.6 is 11.6 Å². The number of benzene rings is 1. The third kappa shape index (κ3) is 4.63. The molecule has 0 saturated carbocycles. The Morgan fingerprint density at radius 1 is 1.40 bits per heavy atom. The number of hydrogen-bond acceptors (Lipinski definition) is 1. The van der Waals surface area contributed by atoms with Gasteiger partial charge < -0.3 is 5.32 Å². The second kappa shape index (κ2) is 6.09. The fraction of sp³-hybridized carbons (Fsp3) is 0.500. The molecule has 0 aliphatic heterocycles. The predicted octanol–water partition coefficient (Wildman–Crippen LogP) is 3.41. The second-order valence-corrected chi connectivity index (χ2v) is 4.37. The molecule has 0 radical (unpaired) electrons. The van der Waals surface area contributed by atoms with E-state index >= 15 is 0 Å². The van der Waals surface area contributed by atoms with Crippen molar-refractivity contribution in [2.45, 2.75) is 32.7 Å². The highest BCUT2D eigenvalue weighted by Crippen LogP contribution is 2.16. The first-order valence-electron chi connectivity index (χ1n) is 5.27. The van der Waals surface area contributed by atoms with E-state index in [1.807, 2.05) is 0 Å². The Hall–Kier alpha value is -0.600. The lowest BCUT2D eigenvalue weighted by atomic mass is 10.1. The molecule has 0 unspecified atom stereocenters. The first-order valence-corrected chi connectivity index (χ1v) is 5.64. The van der Waals surface area contributed by atoms with Crippen molar-refractivity contribution in [1.82, 2.24) is 5.32 Å². The van der Waals surface area contributed by atoms with Gasteiger partial charge in [0.2, 0.25) is 0 Å². The van der Waals surface area contributed by atoms with Gasteiger partial charge in [-0.2, -0.15) is 0 Å². The molecule has 0 heterocycles. The molecule has 1 rings (SSSR count). The summed E-state index contributed by atoms with van der Waals surface area (Å²) >= 11 is 5.69. The highest BCUT2D eigenvalue weighted by molar-refractivity contribution is 6.30. The molecule has 1 nitrogen and oxygen atoms in total. The standard InChI is InChI=1S/C12H17ClFN/c1-9(2)15-7-3-4-10-5-6-12(14)11(13)8-10/h5-6,8-9,15H,3-4,7H2,1-2H3. The van der Waals surface area contributed by atoms with Gasteiger partial charge in [0, 0.05) is 6.04 Å². The van der Waals surface area contributed by atoms with Gasteiger partial charge in [-0.15, -0.1) is 0 Å². The number of aryl methyl sites for hydroxylation is 1. The van der Waals surface area contributed by atoms with Crippen molar-refractivity contribution in [1.29, 1.82) is 0 Å². The van der Waals surface area contributed by atoms with E-state index in [0.717, 1.165) is 24.9 Å². The smallest absolute Gasteiger partial charge is 0.141 e. The molecule has 84 valence electrons. The lowest BCUT2D eigenvalue weighted by molar-refractivity contribution is 0.570. The van der Waals surface area contributed by atoms with E-state index in [2.05, 4.69) is 19.2 Å². The van der Waals surface area contributed by atoms with Crippen LogP contribution < -0.4 is 5.32 Å². The highest BCUT2D eigenvalue weighted by atomic mass is 35.5. The van der Waals surface area contributed by atoms with Gasteiger partial charge in [0.25, 0.3) is 0 Å². The zero-order valence-corrected chi connectivity index (χ0v) is 9.94. The van der Waals surface area contributed by atoms with Gasteiger partial charge in [0.1, 0.15) is 5.82 Å². The Labute approximate surface area is 95.6 Å². The molecule has 0 aliphatic rings. The van der Waals surface area contributed by atoms with E-state index in [1.165, 1.54) is 6.07 Å². The molecule has 0 fully saturated rings. The van der Waals surface area contributed by atoms with Crippen LogP contribution in [0.4, 0.5) is 4.39 Å². The zero-order chi connectivity index (χ0) is 11.3. The molecule has 1 aromatic carbocycles. The molecular formula is C12H17ClFN. The summed E-state index contributed by atoms with van der Waals surface area (Å²) in [5, 5.41) is 3.55. The summed E-state index contributed by atoms with van der Waals surface area (Å²) in [6, 6.07) is 5.43. The predicted molar refractivity (Wildman–Crippen MR) is 62.9 cm³/mol. The summed E-state index contributed by atoms with van der Waals surface area (Å²) in [4.78, 5) is 0. The molecule has 0 aromatic heterocycles. The van der Waals surface area contributed by atoms with E-state index in [4.69, 9.17) is 11.6 Å². The molecular weight excluding hydrogens is 213 g/mol. The molecule has 0 aliphatic carbocycles. The Morgan fingerprint density at radius 2 is 2.13 bits per heavy atom. The molecule has 0 bridgehead atoms. The normalized spacial score (nSPS) is 11.0. The molecule has 1 N–H and O–H groups in total. The van der Waals surface area contributed by atoms with E-state index in [-0.39, 0.29) is 10.8 Å². The van der Waals surface area contributed by atoms with Crippen molar-refractivity contribution in [3.63, 3.8) is 0 Å². The number of halogens is 2. The van der Waals surface area contributed by atoms with E-state index in [9.17, 15) is 4.39 Å². The van der Waals surface area contributed by atoms with Crippen molar-refractivity contribution >= 4 is 11.6 Å². The summed E-state index contributed by atoms with van der Waals surface area (Å²) in [6.07, 6.45) is 1.97. The molecule has 0 spiro atoms. The maximum Gasteiger partial charge on any atom is 0.141 e. The molecule has 0 saturated heterocycles. The Morgan fingerprint density at radius 3 is 2.73 bits per heavy atom. The van der Waals surface area contributed by atoms with Crippen LogP contribution in [0.25, 0.3) is 0 Å². The monoisotopic (exact) mass is 229 g/mol. The number of hydrogen-bond donors (Lipinski definition) is 1. The molecule has 3 heteroatoms. The van der Waals surface area contributed by atoms with Crippen LogP contribution in [0.5, 0.6) is 0 Å². The highest BCUT2D eigenvalue weighted by Gasteiger charge is 2.00. The van der Waals surface area contributed by atoms with Crippen molar-refractivity contribution < 1.29 is 4.39 Å².